The molecule has 0 bridgehead atoms. The molecular formula is C21H20N4O. The first-order valence-corrected chi connectivity index (χ1v) is 8.63. The molecule has 2 aromatic heterocycles. The minimum atomic E-state index is -0.0793. The SMILES string of the molecule is CNC(=O)c1ccc(-c2ccnc3c2cc(C2=CCN=CC2)n3C)cc1. The minimum Gasteiger partial charge on any atom is -0.355 e. The Balaban J connectivity index is 1.81. The van der Waals surface area contributed by atoms with E-state index in [9.17, 15) is 4.79 Å². The number of amides is 1. The van der Waals surface area contributed by atoms with Crippen LogP contribution >= 0.6 is 0 Å². The van der Waals surface area contributed by atoms with Crippen LogP contribution in [0.5, 0.6) is 0 Å². The van der Waals surface area contributed by atoms with Crippen molar-refractivity contribution in [3.8, 4) is 11.1 Å². The molecule has 0 saturated heterocycles. The Bertz CT molecular complexity index is 1040. The molecule has 0 saturated carbocycles. The second kappa shape index (κ2) is 6.59. The number of fused-ring (bicyclic) bond motifs is 1. The van der Waals surface area contributed by atoms with Crippen LogP contribution in [-0.4, -0.2) is 35.3 Å². The molecule has 3 heterocycles. The summed E-state index contributed by atoms with van der Waals surface area (Å²) in [5.74, 6) is -0.0793. The van der Waals surface area contributed by atoms with E-state index in [-0.39, 0.29) is 5.91 Å². The van der Waals surface area contributed by atoms with E-state index in [0.29, 0.717) is 5.56 Å². The fraction of sp³-hybridized carbons (Fsp3) is 0.190. The van der Waals surface area contributed by atoms with Crippen LogP contribution < -0.4 is 5.32 Å². The zero-order valence-electron chi connectivity index (χ0n) is 14.9. The molecule has 130 valence electrons. The first-order chi connectivity index (χ1) is 12.7. The minimum absolute atomic E-state index is 0.0793. The highest BCUT2D eigenvalue weighted by atomic mass is 16.1. The van der Waals surface area contributed by atoms with Gasteiger partial charge in [-0.1, -0.05) is 18.2 Å². The maximum absolute atomic E-state index is 11.8. The number of allylic oxidation sites excluding steroid dienone is 1. The highest BCUT2D eigenvalue weighted by molar-refractivity contribution is 5.98. The van der Waals surface area contributed by atoms with Gasteiger partial charge in [0.15, 0.2) is 0 Å². The lowest BCUT2D eigenvalue weighted by Gasteiger charge is -2.09. The Morgan fingerprint density at radius 1 is 1.19 bits per heavy atom. The van der Waals surface area contributed by atoms with Crippen molar-refractivity contribution in [3.63, 3.8) is 0 Å². The lowest BCUT2D eigenvalue weighted by Crippen LogP contribution is -2.17. The molecule has 0 aliphatic carbocycles. The Labute approximate surface area is 152 Å². The van der Waals surface area contributed by atoms with E-state index in [4.69, 9.17) is 0 Å². The standard InChI is InChI=1S/C21H20N4O/c1-22-21(26)16-5-3-14(4-6-16)17-9-12-24-20-18(17)13-19(25(20)2)15-7-10-23-11-8-15/h3-7,9,11-13H,8,10H2,1-2H3,(H,22,26). The Hall–Kier alpha value is -3.21. The van der Waals surface area contributed by atoms with Crippen LogP contribution in [0.15, 0.2) is 53.7 Å². The highest BCUT2D eigenvalue weighted by Crippen LogP contribution is 2.32. The third kappa shape index (κ3) is 2.71. The maximum Gasteiger partial charge on any atom is 0.251 e. The second-order valence-corrected chi connectivity index (χ2v) is 6.32. The molecule has 4 rings (SSSR count). The van der Waals surface area contributed by atoms with E-state index in [1.165, 1.54) is 11.3 Å². The third-order valence-corrected chi connectivity index (χ3v) is 4.83. The molecule has 0 spiro atoms. The number of carbonyl (C=O) groups excluding carboxylic acids is 1. The van der Waals surface area contributed by atoms with Crippen molar-refractivity contribution >= 4 is 28.7 Å². The molecule has 0 fully saturated rings. The number of nitrogens with one attached hydrogen (secondary N) is 1. The van der Waals surface area contributed by atoms with Crippen molar-refractivity contribution in [1.82, 2.24) is 14.9 Å². The summed E-state index contributed by atoms with van der Waals surface area (Å²) in [7, 11) is 3.69. The summed E-state index contributed by atoms with van der Waals surface area (Å²) in [5.41, 5.74) is 6.25. The van der Waals surface area contributed by atoms with E-state index in [0.717, 1.165) is 35.1 Å². The van der Waals surface area contributed by atoms with Crippen LogP contribution in [0, 0.1) is 0 Å². The van der Waals surface area contributed by atoms with Crippen LogP contribution in [0.3, 0.4) is 0 Å². The van der Waals surface area contributed by atoms with Gasteiger partial charge in [0.2, 0.25) is 0 Å². The van der Waals surface area contributed by atoms with E-state index in [1.807, 2.05) is 42.7 Å². The van der Waals surface area contributed by atoms with Gasteiger partial charge < -0.3 is 9.88 Å². The van der Waals surface area contributed by atoms with Gasteiger partial charge in [-0.25, -0.2) is 4.98 Å². The van der Waals surface area contributed by atoms with Gasteiger partial charge in [-0.3, -0.25) is 9.79 Å². The molecule has 0 unspecified atom stereocenters. The van der Waals surface area contributed by atoms with E-state index in [2.05, 4.69) is 39.1 Å². The molecule has 5 heteroatoms. The summed E-state index contributed by atoms with van der Waals surface area (Å²) < 4.78 is 2.14. The molecule has 1 aromatic carbocycles. The number of rotatable bonds is 3. The normalized spacial score (nSPS) is 13.7. The Morgan fingerprint density at radius 3 is 2.69 bits per heavy atom. The van der Waals surface area contributed by atoms with Gasteiger partial charge in [0.05, 0.1) is 6.54 Å². The van der Waals surface area contributed by atoms with Crippen LogP contribution in [-0.2, 0) is 7.05 Å². The number of hydrogen-bond donors (Lipinski definition) is 1. The molecule has 0 radical (unpaired) electrons. The number of dihydropyridines is 1. The van der Waals surface area contributed by atoms with Gasteiger partial charge in [0.25, 0.3) is 5.91 Å². The zero-order valence-corrected chi connectivity index (χ0v) is 14.9. The summed E-state index contributed by atoms with van der Waals surface area (Å²) in [6.45, 7) is 0.734. The van der Waals surface area contributed by atoms with Crippen LogP contribution in [0.4, 0.5) is 0 Å². The van der Waals surface area contributed by atoms with Crippen molar-refractivity contribution < 1.29 is 4.79 Å². The van der Waals surface area contributed by atoms with Crippen LogP contribution in [0.25, 0.3) is 27.7 Å². The topological polar surface area (TPSA) is 59.3 Å². The largest absolute Gasteiger partial charge is 0.355 e. The fourth-order valence-corrected chi connectivity index (χ4v) is 3.42. The van der Waals surface area contributed by atoms with Gasteiger partial charge in [-0.15, -0.1) is 0 Å². The summed E-state index contributed by atoms with van der Waals surface area (Å²) in [6, 6.07) is 11.9. The van der Waals surface area contributed by atoms with Crippen LogP contribution in [0.2, 0.25) is 0 Å². The first-order valence-electron chi connectivity index (χ1n) is 8.63. The molecule has 26 heavy (non-hydrogen) atoms. The van der Waals surface area contributed by atoms with Gasteiger partial charge in [0.1, 0.15) is 5.65 Å². The quantitative estimate of drug-likeness (QED) is 0.791. The maximum atomic E-state index is 11.8. The van der Waals surface area contributed by atoms with Crippen molar-refractivity contribution in [2.45, 2.75) is 6.42 Å². The van der Waals surface area contributed by atoms with E-state index >= 15 is 0 Å². The first kappa shape index (κ1) is 16.3. The number of aliphatic imine (C=N–C) groups is 1. The Kier molecular flexibility index (Phi) is 4.13. The van der Waals surface area contributed by atoms with Crippen molar-refractivity contribution in [2.24, 2.45) is 12.0 Å². The average Bonchev–Trinajstić information content (AvgIpc) is 3.05. The second-order valence-electron chi connectivity index (χ2n) is 6.32. The molecule has 5 nitrogen and oxygen atoms in total. The molecular weight excluding hydrogens is 324 g/mol. The summed E-state index contributed by atoms with van der Waals surface area (Å²) in [4.78, 5) is 20.6. The molecule has 1 N–H and O–H groups in total. The zero-order chi connectivity index (χ0) is 18.1. The number of nitrogens with zero attached hydrogens (tertiary/aromatic N) is 3. The number of carbonyl (C=O) groups is 1. The monoisotopic (exact) mass is 344 g/mol. The third-order valence-electron chi connectivity index (χ3n) is 4.83. The summed E-state index contributed by atoms with van der Waals surface area (Å²) in [5, 5.41) is 3.76. The lowest BCUT2D eigenvalue weighted by atomic mass is 10.0. The lowest BCUT2D eigenvalue weighted by molar-refractivity contribution is 0.0963. The van der Waals surface area contributed by atoms with Gasteiger partial charge in [-0.05, 0) is 41.0 Å². The number of hydrogen-bond acceptors (Lipinski definition) is 3. The Morgan fingerprint density at radius 2 is 2.00 bits per heavy atom. The fourth-order valence-electron chi connectivity index (χ4n) is 3.42. The number of aryl methyl sites for hydroxylation is 1. The molecule has 1 aliphatic heterocycles. The highest BCUT2D eigenvalue weighted by Gasteiger charge is 2.15. The van der Waals surface area contributed by atoms with E-state index in [1.54, 1.807) is 7.05 Å². The molecule has 1 aliphatic rings. The molecule has 0 atom stereocenters. The summed E-state index contributed by atoms with van der Waals surface area (Å²) >= 11 is 0. The van der Waals surface area contributed by atoms with Crippen molar-refractivity contribution in [2.75, 3.05) is 13.6 Å². The average molecular weight is 344 g/mol. The number of pyridine rings is 1. The van der Waals surface area contributed by atoms with Gasteiger partial charge >= 0.3 is 0 Å². The van der Waals surface area contributed by atoms with Crippen molar-refractivity contribution in [1.29, 1.82) is 0 Å². The van der Waals surface area contributed by atoms with E-state index < -0.39 is 0 Å². The van der Waals surface area contributed by atoms with Crippen LogP contribution in [0.1, 0.15) is 22.5 Å². The van der Waals surface area contributed by atoms with Crippen molar-refractivity contribution in [3.05, 3.63) is 59.9 Å². The predicted molar refractivity (Wildman–Crippen MR) is 105 cm³/mol. The van der Waals surface area contributed by atoms with Gasteiger partial charge in [0, 0.05) is 49.6 Å². The predicted octanol–water partition coefficient (Wildman–Crippen LogP) is 3.46. The number of aromatic nitrogens is 2. The molecule has 1 amide bonds. The summed E-state index contributed by atoms with van der Waals surface area (Å²) in [6.07, 6.45) is 6.83. The van der Waals surface area contributed by atoms with Gasteiger partial charge in [-0.2, -0.15) is 0 Å². The number of benzene rings is 1. The smallest absolute Gasteiger partial charge is 0.251 e. The molecule has 3 aromatic rings.